The van der Waals surface area contributed by atoms with E-state index in [1.165, 1.54) is 35.6 Å². The summed E-state index contributed by atoms with van der Waals surface area (Å²) in [6, 6.07) is 15.6. The molecule has 0 saturated heterocycles. The van der Waals surface area contributed by atoms with Crippen molar-refractivity contribution in [3.8, 4) is 5.75 Å². The average Bonchev–Trinajstić information content (AvgIpc) is 3.22. The van der Waals surface area contributed by atoms with Crippen LogP contribution in [-0.2, 0) is 0 Å². The molecular weight excluding hydrogens is 366 g/mol. The third-order valence-corrected chi connectivity index (χ3v) is 4.43. The predicted octanol–water partition coefficient (Wildman–Crippen LogP) is 4.77. The molecule has 0 aliphatic rings. The molecule has 7 heteroatoms. The molecular formula is C20H13NO5S. The minimum absolute atomic E-state index is 0.0403. The number of carbonyl (C=O) groups is 2. The zero-order chi connectivity index (χ0) is 19.2. The van der Waals surface area contributed by atoms with Crippen molar-refractivity contribution in [2.45, 2.75) is 0 Å². The van der Waals surface area contributed by atoms with Crippen molar-refractivity contribution < 1.29 is 19.2 Å². The van der Waals surface area contributed by atoms with Gasteiger partial charge in [-0.3, -0.25) is 14.9 Å². The third kappa shape index (κ3) is 4.74. The van der Waals surface area contributed by atoms with Crippen LogP contribution in [0.2, 0.25) is 0 Å². The van der Waals surface area contributed by atoms with E-state index in [2.05, 4.69) is 0 Å². The van der Waals surface area contributed by atoms with Gasteiger partial charge in [-0.25, -0.2) is 4.79 Å². The van der Waals surface area contributed by atoms with Crippen LogP contribution in [0.3, 0.4) is 0 Å². The molecule has 0 aliphatic carbocycles. The van der Waals surface area contributed by atoms with Crippen molar-refractivity contribution in [2.75, 3.05) is 0 Å². The molecule has 6 nitrogen and oxygen atoms in total. The second-order valence-electron chi connectivity index (χ2n) is 5.44. The molecule has 0 saturated carbocycles. The van der Waals surface area contributed by atoms with Crippen molar-refractivity contribution >= 4 is 34.9 Å². The zero-order valence-corrected chi connectivity index (χ0v) is 14.7. The van der Waals surface area contributed by atoms with Gasteiger partial charge in [0.2, 0.25) is 0 Å². The number of esters is 1. The third-order valence-electron chi connectivity index (χ3n) is 3.58. The van der Waals surface area contributed by atoms with Crippen molar-refractivity contribution in [1.82, 2.24) is 0 Å². The fourth-order valence-corrected chi connectivity index (χ4v) is 2.85. The van der Waals surface area contributed by atoms with Gasteiger partial charge in [-0.1, -0.05) is 24.3 Å². The van der Waals surface area contributed by atoms with Crippen molar-refractivity contribution in [2.24, 2.45) is 0 Å². The van der Waals surface area contributed by atoms with Crippen LogP contribution in [0.25, 0.3) is 6.08 Å². The normalized spacial score (nSPS) is 10.7. The molecule has 0 spiro atoms. The first kappa shape index (κ1) is 18.2. The summed E-state index contributed by atoms with van der Waals surface area (Å²) in [5, 5.41) is 12.6. The van der Waals surface area contributed by atoms with E-state index in [1.807, 2.05) is 0 Å². The molecule has 134 valence electrons. The molecule has 1 aromatic heterocycles. The highest BCUT2D eigenvalue weighted by Gasteiger charge is 2.10. The number of non-ortho nitro benzene ring substituents is 1. The average molecular weight is 379 g/mol. The van der Waals surface area contributed by atoms with Gasteiger partial charge < -0.3 is 4.74 Å². The Morgan fingerprint density at radius 2 is 1.81 bits per heavy atom. The number of ether oxygens (including phenoxy) is 1. The molecule has 1 heterocycles. The van der Waals surface area contributed by atoms with Crippen molar-refractivity contribution in [3.63, 3.8) is 0 Å². The Hall–Kier alpha value is -3.58. The van der Waals surface area contributed by atoms with Gasteiger partial charge >= 0.3 is 5.97 Å². The highest BCUT2D eigenvalue weighted by molar-refractivity contribution is 7.12. The number of thiophene rings is 1. The Kier molecular flexibility index (Phi) is 5.53. The van der Waals surface area contributed by atoms with E-state index in [0.29, 0.717) is 21.8 Å². The summed E-state index contributed by atoms with van der Waals surface area (Å²) in [5.41, 5.74) is 0.924. The van der Waals surface area contributed by atoms with E-state index in [-0.39, 0.29) is 11.5 Å². The number of benzene rings is 2. The van der Waals surface area contributed by atoms with Crippen LogP contribution < -0.4 is 4.74 Å². The van der Waals surface area contributed by atoms with Crippen molar-refractivity contribution in [3.05, 3.63) is 98.2 Å². The first-order valence-corrected chi connectivity index (χ1v) is 8.73. The first-order chi connectivity index (χ1) is 13.0. The van der Waals surface area contributed by atoms with Gasteiger partial charge in [-0.2, -0.15) is 0 Å². The van der Waals surface area contributed by atoms with Gasteiger partial charge in [0.25, 0.3) is 5.69 Å². The summed E-state index contributed by atoms with van der Waals surface area (Å²) in [4.78, 5) is 34.9. The molecule has 0 unspecified atom stereocenters. The highest BCUT2D eigenvalue weighted by Crippen LogP contribution is 2.18. The molecule has 27 heavy (non-hydrogen) atoms. The summed E-state index contributed by atoms with van der Waals surface area (Å²) < 4.78 is 5.24. The molecule has 0 amide bonds. The number of nitrogens with zero attached hydrogens (tertiary/aromatic N) is 1. The minimum atomic E-state index is -0.491. The number of ketones is 1. The highest BCUT2D eigenvalue weighted by atomic mass is 32.1. The van der Waals surface area contributed by atoms with Gasteiger partial charge in [-0.15, -0.1) is 11.3 Å². The van der Waals surface area contributed by atoms with Gasteiger partial charge in [0.05, 0.1) is 4.92 Å². The van der Waals surface area contributed by atoms with Crippen LogP contribution in [0.15, 0.2) is 72.1 Å². The Balaban J connectivity index is 1.66. The van der Waals surface area contributed by atoms with Crippen LogP contribution in [0.4, 0.5) is 5.69 Å². The summed E-state index contributed by atoms with van der Waals surface area (Å²) in [6.07, 6.45) is 2.85. The lowest BCUT2D eigenvalue weighted by Gasteiger charge is -2.03. The Bertz CT molecular complexity index is 1010. The van der Waals surface area contributed by atoms with Crippen LogP contribution >= 0.6 is 11.3 Å². The molecule has 2 aromatic carbocycles. The molecule has 0 atom stereocenters. The van der Waals surface area contributed by atoms with Crippen LogP contribution in [0.1, 0.15) is 25.6 Å². The maximum atomic E-state index is 12.2. The largest absolute Gasteiger partial charge is 0.422 e. The molecule has 3 aromatic rings. The molecule has 3 rings (SSSR count). The van der Waals surface area contributed by atoms with Gasteiger partial charge in [0.15, 0.2) is 5.78 Å². The lowest BCUT2D eigenvalue weighted by atomic mass is 10.1. The lowest BCUT2D eigenvalue weighted by molar-refractivity contribution is -0.384. The molecule has 0 N–H and O–H groups in total. The van der Waals surface area contributed by atoms with E-state index in [0.717, 1.165) is 0 Å². The fraction of sp³-hybridized carbons (Fsp3) is 0. The monoisotopic (exact) mass is 379 g/mol. The smallest absolute Gasteiger partial charge is 0.353 e. The summed E-state index contributed by atoms with van der Waals surface area (Å²) >= 11 is 1.29. The standard InChI is InChI=1S/C20H13NO5S/c22-18(11-6-14-3-1-4-16(13-14)21(24)25)15-7-9-17(10-8-15)26-20(23)19-5-2-12-27-19/h1-13H/b11-6+. The predicted molar refractivity (Wildman–Crippen MR) is 102 cm³/mol. The second kappa shape index (κ2) is 8.20. The number of allylic oxidation sites excluding steroid dienone is 1. The minimum Gasteiger partial charge on any atom is -0.422 e. The number of nitro benzene ring substituents is 1. The maximum absolute atomic E-state index is 12.2. The number of nitro groups is 1. The van der Waals surface area contributed by atoms with Crippen LogP contribution in [0.5, 0.6) is 5.75 Å². The number of hydrogen-bond donors (Lipinski definition) is 0. The SMILES string of the molecule is O=C(/C=C/c1cccc([N+](=O)[O-])c1)c1ccc(OC(=O)c2cccs2)cc1. The summed E-state index contributed by atoms with van der Waals surface area (Å²) in [5.74, 6) is -0.375. The van der Waals surface area contributed by atoms with E-state index < -0.39 is 10.9 Å². The Labute approximate surface area is 158 Å². The van der Waals surface area contributed by atoms with Gasteiger partial charge in [-0.05, 0) is 47.4 Å². The molecule has 0 fully saturated rings. The Morgan fingerprint density at radius 1 is 1.04 bits per heavy atom. The summed E-state index contributed by atoms with van der Waals surface area (Å²) in [7, 11) is 0. The van der Waals surface area contributed by atoms with Gasteiger partial charge in [0, 0.05) is 17.7 Å². The number of hydrogen-bond acceptors (Lipinski definition) is 6. The number of carbonyl (C=O) groups excluding carboxylic acids is 2. The lowest BCUT2D eigenvalue weighted by Crippen LogP contribution is -2.06. The molecule has 0 bridgehead atoms. The van der Waals surface area contributed by atoms with Crippen LogP contribution in [-0.4, -0.2) is 16.7 Å². The Morgan fingerprint density at radius 3 is 2.48 bits per heavy atom. The van der Waals surface area contributed by atoms with E-state index in [9.17, 15) is 19.7 Å². The molecule has 0 radical (unpaired) electrons. The molecule has 0 aliphatic heterocycles. The fourth-order valence-electron chi connectivity index (χ4n) is 2.25. The van der Waals surface area contributed by atoms with E-state index >= 15 is 0 Å². The quantitative estimate of drug-likeness (QED) is 0.154. The second-order valence-corrected chi connectivity index (χ2v) is 6.39. The summed E-state index contributed by atoms with van der Waals surface area (Å²) in [6.45, 7) is 0. The van der Waals surface area contributed by atoms with Crippen molar-refractivity contribution in [1.29, 1.82) is 0 Å². The zero-order valence-electron chi connectivity index (χ0n) is 13.9. The topological polar surface area (TPSA) is 86.5 Å². The maximum Gasteiger partial charge on any atom is 0.353 e. The van der Waals surface area contributed by atoms with E-state index in [1.54, 1.807) is 53.9 Å². The number of rotatable bonds is 6. The van der Waals surface area contributed by atoms with E-state index in [4.69, 9.17) is 4.74 Å². The first-order valence-electron chi connectivity index (χ1n) is 7.85. The van der Waals surface area contributed by atoms with Gasteiger partial charge in [0.1, 0.15) is 10.6 Å². The van der Waals surface area contributed by atoms with Crippen LogP contribution in [0, 0.1) is 10.1 Å².